The molecule has 1 aliphatic heterocycles. The minimum Gasteiger partial charge on any atom is -0.322 e. The van der Waals surface area contributed by atoms with Crippen molar-refractivity contribution in [1.29, 1.82) is 0 Å². The van der Waals surface area contributed by atoms with E-state index in [1.807, 2.05) is 73.3 Å². The molecule has 0 saturated carbocycles. The Morgan fingerprint density at radius 1 is 1.04 bits per heavy atom. The van der Waals surface area contributed by atoms with E-state index in [-0.39, 0.29) is 17.5 Å². The van der Waals surface area contributed by atoms with E-state index in [2.05, 4.69) is 9.88 Å². The summed E-state index contributed by atoms with van der Waals surface area (Å²) in [6.07, 6.45) is 0. The number of anilines is 1. The van der Waals surface area contributed by atoms with E-state index < -0.39 is 0 Å². The molecule has 3 aromatic rings. The molecular formula is C22H23N3O2. The van der Waals surface area contributed by atoms with Crippen molar-refractivity contribution in [3.63, 3.8) is 0 Å². The topological polar surface area (TPSA) is 56.4 Å². The Hall–Kier alpha value is -2.92. The van der Waals surface area contributed by atoms with Crippen LogP contribution in [0, 0.1) is 6.92 Å². The van der Waals surface area contributed by atoms with Gasteiger partial charge in [-0.25, -0.2) is 0 Å². The molecule has 0 aliphatic carbocycles. The lowest BCUT2D eigenvalue weighted by Gasteiger charge is -2.39. The van der Waals surface area contributed by atoms with Gasteiger partial charge in [0.05, 0.1) is 6.04 Å². The highest BCUT2D eigenvalue weighted by atomic mass is 16.2. The van der Waals surface area contributed by atoms with Crippen LogP contribution < -0.4 is 10.5 Å². The molecule has 1 unspecified atom stereocenters. The summed E-state index contributed by atoms with van der Waals surface area (Å²) in [6, 6.07) is 17.4. The van der Waals surface area contributed by atoms with Gasteiger partial charge in [0.1, 0.15) is 0 Å². The number of fused-ring (bicyclic) bond motifs is 1. The van der Waals surface area contributed by atoms with Crippen LogP contribution in [0.25, 0.3) is 10.9 Å². The number of rotatable bonds is 3. The Morgan fingerprint density at radius 2 is 1.81 bits per heavy atom. The van der Waals surface area contributed by atoms with Gasteiger partial charge in [-0.15, -0.1) is 0 Å². The van der Waals surface area contributed by atoms with E-state index in [0.717, 1.165) is 28.7 Å². The molecule has 2 aromatic carbocycles. The van der Waals surface area contributed by atoms with E-state index in [1.165, 1.54) is 0 Å². The summed E-state index contributed by atoms with van der Waals surface area (Å²) in [7, 11) is 0. The highest BCUT2D eigenvalue weighted by Crippen LogP contribution is 2.21. The Balaban J connectivity index is 1.56. The second-order valence-corrected chi connectivity index (χ2v) is 7.19. The van der Waals surface area contributed by atoms with Gasteiger partial charge in [-0.2, -0.15) is 0 Å². The summed E-state index contributed by atoms with van der Waals surface area (Å²) in [5.74, 6) is 0.0697. The summed E-state index contributed by atoms with van der Waals surface area (Å²) >= 11 is 0. The second kappa shape index (κ2) is 7.00. The van der Waals surface area contributed by atoms with Crippen LogP contribution in [0.2, 0.25) is 0 Å². The van der Waals surface area contributed by atoms with Gasteiger partial charge in [0.25, 0.3) is 5.56 Å². The van der Waals surface area contributed by atoms with Crippen LogP contribution in [-0.4, -0.2) is 34.9 Å². The van der Waals surface area contributed by atoms with Gasteiger partial charge in [-0.05, 0) is 49.1 Å². The molecule has 5 nitrogen and oxygen atoms in total. The molecule has 5 heteroatoms. The predicted octanol–water partition coefficient (Wildman–Crippen LogP) is 3.07. The first kappa shape index (κ1) is 17.5. The standard InChI is InChI=1S/C22H23N3O2/c1-15-8-9-17-13-18(21(26)23-20(17)12-15)14-24-10-11-25(22(27)16(24)2)19-6-4-3-5-7-19/h3-9,12-13,16H,10-11,14H2,1-2H3,(H,23,26). The summed E-state index contributed by atoms with van der Waals surface area (Å²) < 4.78 is 0. The molecule has 1 saturated heterocycles. The van der Waals surface area contributed by atoms with Crippen molar-refractivity contribution in [2.45, 2.75) is 26.4 Å². The van der Waals surface area contributed by atoms with Crippen molar-refractivity contribution >= 4 is 22.5 Å². The highest BCUT2D eigenvalue weighted by molar-refractivity contribution is 5.97. The average Bonchev–Trinajstić information content (AvgIpc) is 2.67. The number of carbonyl (C=O) groups is 1. The van der Waals surface area contributed by atoms with Gasteiger partial charge in [0.2, 0.25) is 5.91 Å². The van der Waals surface area contributed by atoms with Crippen LogP contribution in [0.5, 0.6) is 0 Å². The molecular weight excluding hydrogens is 338 g/mol. The molecule has 4 rings (SSSR count). The van der Waals surface area contributed by atoms with Crippen LogP contribution in [0.15, 0.2) is 59.4 Å². The van der Waals surface area contributed by atoms with E-state index in [4.69, 9.17) is 0 Å². The van der Waals surface area contributed by atoms with Crippen LogP contribution in [0.4, 0.5) is 5.69 Å². The van der Waals surface area contributed by atoms with Crippen LogP contribution in [0.3, 0.4) is 0 Å². The monoisotopic (exact) mass is 361 g/mol. The zero-order valence-electron chi connectivity index (χ0n) is 15.6. The average molecular weight is 361 g/mol. The lowest BCUT2D eigenvalue weighted by molar-refractivity contribution is -0.125. The normalized spacial score (nSPS) is 18.2. The first-order valence-electron chi connectivity index (χ1n) is 9.26. The number of H-pyrrole nitrogens is 1. The molecule has 0 radical (unpaired) electrons. The number of amides is 1. The first-order valence-corrected chi connectivity index (χ1v) is 9.26. The van der Waals surface area contributed by atoms with Crippen molar-refractivity contribution in [3.05, 3.63) is 76.1 Å². The Morgan fingerprint density at radius 3 is 2.59 bits per heavy atom. The fourth-order valence-electron chi connectivity index (χ4n) is 3.69. The van der Waals surface area contributed by atoms with Gasteiger partial charge in [-0.3, -0.25) is 14.5 Å². The zero-order chi connectivity index (χ0) is 19.0. The zero-order valence-corrected chi connectivity index (χ0v) is 15.6. The molecule has 1 aliphatic rings. The van der Waals surface area contributed by atoms with E-state index in [9.17, 15) is 9.59 Å². The molecule has 1 aromatic heterocycles. The fraction of sp³-hybridized carbons (Fsp3) is 0.273. The van der Waals surface area contributed by atoms with E-state index in [1.54, 1.807) is 0 Å². The summed E-state index contributed by atoms with van der Waals surface area (Å²) in [5.41, 5.74) is 3.49. The molecule has 138 valence electrons. The number of aromatic nitrogens is 1. The lowest BCUT2D eigenvalue weighted by atomic mass is 10.1. The van der Waals surface area contributed by atoms with Crippen molar-refractivity contribution < 1.29 is 4.79 Å². The SMILES string of the molecule is Cc1ccc2cc(CN3CCN(c4ccccc4)C(=O)C3C)c(=O)[nH]c2c1. The number of aromatic amines is 1. The molecule has 1 fully saturated rings. The second-order valence-electron chi connectivity index (χ2n) is 7.19. The number of nitrogens with zero attached hydrogens (tertiary/aromatic N) is 2. The third-order valence-electron chi connectivity index (χ3n) is 5.30. The van der Waals surface area contributed by atoms with Gasteiger partial charge >= 0.3 is 0 Å². The summed E-state index contributed by atoms with van der Waals surface area (Å²) in [4.78, 5) is 32.2. The Bertz CT molecular complexity index is 1040. The number of nitrogens with one attached hydrogen (secondary N) is 1. The number of hydrogen-bond acceptors (Lipinski definition) is 3. The smallest absolute Gasteiger partial charge is 0.252 e. The summed E-state index contributed by atoms with van der Waals surface area (Å²) in [6.45, 7) is 5.74. The largest absolute Gasteiger partial charge is 0.322 e. The third-order valence-corrected chi connectivity index (χ3v) is 5.30. The van der Waals surface area contributed by atoms with Crippen molar-refractivity contribution in [3.8, 4) is 0 Å². The molecule has 1 atom stereocenters. The lowest BCUT2D eigenvalue weighted by Crippen LogP contribution is -2.55. The number of aryl methyl sites for hydroxylation is 1. The number of benzene rings is 2. The van der Waals surface area contributed by atoms with Gasteiger partial charge in [0, 0.05) is 36.4 Å². The molecule has 27 heavy (non-hydrogen) atoms. The van der Waals surface area contributed by atoms with Gasteiger partial charge in [0.15, 0.2) is 0 Å². The molecule has 2 heterocycles. The number of pyridine rings is 1. The maximum atomic E-state index is 12.9. The van der Waals surface area contributed by atoms with Crippen LogP contribution in [0.1, 0.15) is 18.1 Å². The maximum Gasteiger partial charge on any atom is 0.252 e. The number of carbonyl (C=O) groups excluding carboxylic acids is 1. The Labute approximate surface area is 158 Å². The first-order chi connectivity index (χ1) is 13.0. The van der Waals surface area contributed by atoms with E-state index >= 15 is 0 Å². The van der Waals surface area contributed by atoms with E-state index in [0.29, 0.717) is 18.7 Å². The van der Waals surface area contributed by atoms with Crippen molar-refractivity contribution in [2.75, 3.05) is 18.0 Å². The summed E-state index contributed by atoms with van der Waals surface area (Å²) in [5, 5.41) is 1.01. The predicted molar refractivity (Wildman–Crippen MR) is 108 cm³/mol. The minimum absolute atomic E-state index is 0.0697. The molecule has 0 spiro atoms. The van der Waals surface area contributed by atoms with Gasteiger partial charge < -0.3 is 9.88 Å². The molecule has 1 amide bonds. The maximum absolute atomic E-state index is 12.9. The quantitative estimate of drug-likeness (QED) is 0.780. The number of hydrogen-bond donors (Lipinski definition) is 1. The highest BCUT2D eigenvalue weighted by Gasteiger charge is 2.32. The molecule has 0 bridgehead atoms. The fourth-order valence-corrected chi connectivity index (χ4v) is 3.69. The van der Waals surface area contributed by atoms with Gasteiger partial charge in [-0.1, -0.05) is 30.3 Å². The number of para-hydroxylation sites is 1. The molecule has 1 N–H and O–H groups in total. The van der Waals surface area contributed by atoms with Crippen LogP contribution in [-0.2, 0) is 11.3 Å². The van der Waals surface area contributed by atoms with Crippen molar-refractivity contribution in [2.24, 2.45) is 0 Å². The van der Waals surface area contributed by atoms with Crippen molar-refractivity contribution in [1.82, 2.24) is 9.88 Å². The van der Waals surface area contributed by atoms with Crippen LogP contribution >= 0.6 is 0 Å². The minimum atomic E-state index is -0.271. The number of piperazine rings is 1. The third kappa shape index (κ3) is 3.38. The Kier molecular flexibility index (Phi) is 4.54.